The highest BCUT2D eigenvalue weighted by atomic mass is 16.2. The fraction of sp³-hybridized carbons (Fsp3) is 0.429. The Bertz CT molecular complexity index is 511. The van der Waals surface area contributed by atoms with E-state index in [1.54, 1.807) is 24.8 Å². The van der Waals surface area contributed by atoms with Crippen molar-refractivity contribution in [1.29, 1.82) is 0 Å². The van der Waals surface area contributed by atoms with E-state index in [2.05, 4.69) is 5.32 Å². The van der Waals surface area contributed by atoms with E-state index in [-0.39, 0.29) is 18.2 Å². The number of nitrogens with two attached hydrogens (primary N) is 1. The molecule has 0 saturated carbocycles. The molecule has 1 aliphatic heterocycles. The van der Waals surface area contributed by atoms with Gasteiger partial charge in [-0.25, -0.2) is 0 Å². The van der Waals surface area contributed by atoms with Crippen molar-refractivity contribution in [2.24, 2.45) is 0 Å². The second kappa shape index (κ2) is 4.91. The summed E-state index contributed by atoms with van der Waals surface area (Å²) in [5, 5.41) is 2.77. The smallest absolute Gasteiger partial charge is 0.245 e. The average molecular weight is 261 g/mol. The van der Waals surface area contributed by atoms with Crippen LogP contribution in [0, 0.1) is 0 Å². The van der Waals surface area contributed by atoms with Crippen molar-refractivity contribution in [3.63, 3.8) is 0 Å². The van der Waals surface area contributed by atoms with Crippen LogP contribution in [0.1, 0.15) is 19.4 Å². The van der Waals surface area contributed by atoms with E-state index < -0.39 is 5.54 Å². The lowest BCUT2D eigenvalue weighted by Crippen LogP contribution is -2.63. The predicted molar refractivity (Wildman–Crippen MR) is 73.4 cm³/mol. The average Bonchev–Trinajstić information content (AvgIpc) is 2.35. The van der Waals surface area contributed by atoms with Gasteiger partial charge in [0.05, 0.1) is 6.42 Å². The van der Waals surface area contributed by atoms with Gasteiger partial charge in [0.15, 0.2) is 0 Å². The maximum Gasteiger partial charge on any atom is 0.245 e. The molecule has 102 valence electrons. The van der Waals surface area contributed by atoms with Gasteiger partial charge in [-0.15, -0.1) is 0 Å². The maximum absolute atomic E-state index is 12.4. The lowest BCUT2D eigenvalue weighted by atomic mass is 9.97. The Morgan fingerprint density at radius 1 is 1.42 bits per heavy atom. The molecule has 5 heteroatoms. The topological polar surface area (TPSA) is 75.4 Å². The first-order valence-corrected chi connectivity index (χ1v) is 6.35. The van der Waals surface area contributed by atoms with Crippen LogP contribution >= 0.6 is 0 Å². The van der Waals surface area contributed by atoms with Crippen LogP contribution in [0.2, 0.25) is 0 Å². The molecule has 5 nitrogen and oxygen atoms in total. The normalized spacial score (nSPS) is 18.0. The number of nitrogens with zero attached hydrogens (tertiary/aromatic N) is 1. The van der Waals surface area contributed by atoms with E-state index >= 15 is 0 Å². The Labute approximate surface area is 112 Å². The first kappa shape index (κ1) is 13.4. The molecule has 1 saturated heterocycles. The van der Waals surface area contributed by atoms with Gasteiger partial charge in [0.25, 0.3) is 0 Å². The highest BCUT2D eigenvalue weighted by Crippen LogP contribution is 2.20. The van der Waals surface area contributed by atoms with E-state index in [4.69, 9.17) is 5.73 Å². The van der Waals surface area contributed by atoms with Gasteiger partial charge >= 0.3 is 0 Å². The monoisotopic (exact) mass is 261 g/mol. The molecule has 1 fully saturated rings. The number of nitrogen functional groups attached to an aromatic ring is 1. The van der Waals surface area contributed by atoms with Crippen LogP contribution in [-0.2, 0) is 16.0 Å². The summed E-state index contributed by atoms with van der Waals surface area (Å²) in [6, 6.07) is 7.30. The van der Waals surface area contributed by atoms with Crippen LogP contribution < -0.4 is 11.1 Å². The number of rotatable bonds is 2. The van der Waals surface area contributed by atoms with Crippen LogP contribution in [0.5, 0.6) is 0 Å². The minimum Gasteiger partial charge on any atom is -0.398 e. The maximum atomic E-state index is 12.4. The highest BCUT2D eigenvalue weighted by molar-refractivity contribution is 5.92. The second-order valence-electron chi connectivity index (χ2n) is 5.24. The predicted octanol–water partition coefficient (Wildman–Crippen LogP) is 0.548. The Balaban J connectivity index is 2.16. The first-order valence-electron chi connectivity index (χ1n) is 6.35. The van der Waals surface area contributed by atoms with Gasteiger partial charge in [0.2, 0.25) is 11.8 Å². The molecule has 0 radical (unpaired) electrons. The molecule has 3 N–H and O–H groups in total. The molecule has 0 bridgehead atoms. The SMILES string of the molecule is CC1(C)C(=O)NCCN1C(=O)Cc1ccccc1N. The Hall–Kier alpha value is -2.04. The third-order valence-corrected chi connectivity index (χ3v) is 3.55. The van der Waals surface area contributed by atoms with Crippen LogP contribution in [0.25, 0.3) is 0 Å². The number of anilines is 1. The van der Waals surface area contributed by atoms with Gasteiger partial charge in [-0.05, 0) is 25.5 Å². The minimum atomic E-state index is -0.807. The number of carbonyl (C=O) groups is 2. The molecule has 1 aromatic carbocycles. The highest BCUT2D eigenvalue weighted by Gasteiger charge is 2.40. The number of hydrogen-bond acceptors (Lipinski definition) is 3. The van der Waals surface area contributed by atoms with E-state index in [9.17, 15) is 9.59 Å². The van der Waals surface area contributed by atoms with Crippen molar-refractivity contribution in [2.45, 2.75) is 25.8 Å². The van der Waals surface area contributed by atoms with Crippen molar-refractivity contribution >= 4 is 17.5 Å². The number of piperazine rings is 1. The number of para-hydroxylation sites is 1. The summed E-state index contributed by atoms with van der Waals surface area (Å²) in [7, 11) is 0. The van der Waals surface area contributed by atoms with Crippen LogP contribution in [0.4, 0.5) is 5.69 Å². The largest absolute Gasteiger partial charge is 0.398 e. The van der Waals surface area contributed by atoms with Gasteiger partial charge in [-0.2, -0.15) is 0 Å². The van der Waals surface area contributed by atoms with Gasteiger partial charge < -0.3 is 16.0 Å². The zero-order valence-corrected chi connectivity index (χ0v) is 11.3. The zero-order valence-electron chi connectivity index (χ0n) is 11.3. The molecular weight excluding hydrogens is 242 g/mol. The number of nitrogens with one attached hydrogen (secondary N) is 1. The van der Waals surface area contributed by atoms with Gasteiger partial charge in [0.1, 0.15) is 5.54 Å². The summed E-state index contributed by atoms with van der Waals surface area (Å²) in [5.41, 5.74) is 6.44. The zero-order chi connectivity index (χ0) is 14.0. The summed E-state index contributed by atoms with van der Waals surface area (Å²) in [4.78, 5) is 25.8. The number of carbonyl (C=O) groups excluding carboxylic acids is 2. The van der Waals surface area contributed by atoms with Crippen LogP contribution in [0.3, 0.4) is 0 Å². The molecule has 0 unspecified atom stereocenters. The molecule has 0 aromatic heterocycles. The summed E-state index contributed by atoms with van der Waals surface area (Å²) >= 11 is 0. The van der Waals surface area contributed by atoms with Crippen LogP contribution in [0.15, 0.2) is 24.3 Å². The van der Waals surface area contributed by atoms with E-state index in [1.165, 1.54) is 0 Å². The molecule has 2 rings (SSSR count). The molecule has 19 heavy (non-hydrogen) atoms. The Kier molecular flexibility index (Phi) is 3.46. The van der Waals surface area contributed by atoms with Crippen molar-refractivity contribution < 1.29 is 9.59 Å². The van der Waals surface area contributed by atoms with Gasteiger partial charge in [0, 0.05) is 18.8 Å². The molecule has 0 aliphatic carbocycles. The summed E-state index contributed by atoms with van der Waals surface area (Å²) in [5.74, 6) is -0.189. The second-order valence-corrected chi connectivity index (χ2v) is 5.24. The molecule has 0 atom stereocenters. The van der Waals surface area contributed by atoms with Gasteiger partial charge in [-0.3, -0.25) is 9.59 Å². The molecular formula is C14H19N3O2. The third kappa shape index (κ3) is 2.54. The molecule has 2 amide bonds. The number of hydrogen-bond donors (Lipinski definition) is 2. The summed E-state index contributed by atoms with van der Waals surface area (Å²) in [6.45, 7) is 4.55. The summed E-state index contributed by atoms with van der Waals surface area (Å²) in [6.07, 6.45) is 0.226. The molecule has 1 aromatic rings. The molecule has 0 spiro atoms. The Morgan fingerprint density at radius 3 is 2.79 bits per heavy atom. The van der Waals surface area contributed by atoms with Crippen molar-refractivity contribution in [2.75, 3.05) is 18.8 Å². The van der Waals surface area contributed by atoms with Crippen LogP contribution in [-0.4, -0.2) is 35.3 Å². The van der Waals surface area contributed by atoms with Crippen molar-refractivity contribution in [3.05, 3.63) is 29.8 Å². The first-order chi connectivity index (χ1) is 8.93. The lowest BCUT2D eigenvalue weighted by molar-refractivity contribution is -0.148. The van der Waals surface area contributed by atoms with Crippen molar-refractivity contribution in [3.8, 4) is 0 Å². The number of benzene rings is 1. The van der Waals surface area contributed by atoms with Gasteiger partial charge in [-0.1, -0.05) is 18.2 Å². The summed E-state index contributed by atoms with van der Waals surface area (Å²) < 4.78 is 0. The van der Waals surface area contributed by atoms with E-state index in [1.807, 2.05) is 18.2 Å². The van der Waals surface area contributed by atoms with E-state index in [0.29, 0.717) is 18.8 Å². The minimum absolute atomic E-state index is 0.0715. The fourth-order valence-corrected chi connectivity index (χ4v) is 2.29. The third-order valence-electron chi connectivity index (χ3n) is 3.55. The quantitative estimate of drug-likeness (QED) is 0.763. The Morgan fingerprint density at radius 2 is 2.11 bits per heavy atom. The van der Waals surface area contributed by atoms with Crippen molar-refractivity contribution in [1.82, 2.24) is 10.2 Å². The molecule has 1 heterocycles. The lowest BCUT2D eigenvalue weighted by Gasteiger charge is -2.41. The standard InChI is InChI=1S/C14H19N3O2/c1-14(2)13(19)16-7-8-17(14)12(18)9-10-5-3-4-6-11(10)15/h3-6H,7-9,15H2,1-2H3,(H,16,19). The fourth-order valence-electron chi connectivity index (χ4n) is 2.29. The molecule has 1 aliphatic rings. The number of amides is 2. The van der Waals surface area contributed by atoms with E-state index in [0.717, 1.165) is 5.56 Å².